The van der Waals surface area contributed by atoms with Crippen molar-refractivity contribution < 1.29 is 35.5 Å². The number of hydrogen-bond acceptors (Lipinski definition) is 2. The zero-order valence-electron chi connectivity index (χ0n) is 19.2. The maximum Gasteiger partial charge on any atom is 0.176 e. The third-order valence-electron chi connectivity index (χ3n) is 6.87. The summed E-state index contributed by atoms with van der Waals surface area (Å²) in [4.78, 5) is 12.9. The van der Waals surface area contributed by atoms with Crippen molar-refractivity contribution in [2.24, 2.45) is 0 Å². The first-order valence-electron chi connectivity index (χ1n) is 11.5. The highest BCUT2D eigenvalue weighted by atomic mass is 35.5. The molecule has 0 saturated heterocycles. The minimum atomic E-state index is 0. The van der Waals surface area contributed by atoms with Crippen LogP contribution in [0.2, 0.25) is 0 Å². The Morgan fingerprint density at radius 3 is 2.20 bits per heavy atom. The second-order valence-corrected chi connectivity index (χ2v) is 9.02. The number of halogens is 2. The fourth-order valence-corrected chi connectivity index (χ4v) is 4.72. The Balaban J connectivity index is 0.00000144. The van der Waals surface area contributed by atoms with E-state index in [0.29, 0.717) is 0 Å². The number of aromatic amines is 1. The average Bonchev–Trinajstić information content (AvgIpc) is 2.87. The highest BCUT2D eigenvalue weighted by molar-refractivity contribution is 5.92. The summed E-state index contributed by atoms with van der Waals surface area (Å²) in [5.41, 5.74) is 13.1. The Labute approximate surface area is 217 Å². The van der Waals surface area contributed by atoms with Crippen LogP contribution in [0.15, 0.2) is 97.5 Å². The molecule has 6 heteroatoms. The van der Waals surface area contributed by atoms with Crippen molar-refractivity contribution >= 4 is 10.9 Å². The predicted octanol–water partition coefficient (Wildman–Crippen LogP) is -0.926. The van der Waals surface area contributed by atoms with Gasteiger partial charge in [0, 0.05) is 41.0 Å². The predicted molar refractivity (Wildman–Crippen MR) is 131 cm³/mol. The lowest BCUT2D eigenvalue weighted by molar-refractivity contribution is -0.509. The fraction of sp³-hybridized carbons (Fsp3) is 0.138. The number of fused-ring (bicyclic) bond motifs is 1. The monoisotopic (exact) mass is 500 g/mol. The molecule has 176 valence electrons. The molecule has 2 aromatic carbocycles. The van der Waals surface area contributed by atoms with Gasteiger partial charge in [-0.3, -0.25) is 4.98 Å². The van der Waals surface area contributed by atoms with Crippen molar-refractivity contribution in [2.45, 2.75) is 24.8 Å². The number of hydrogen-bond donors (Lipinski definition) is 1. The van der Waals surface area contributed by atoms with Crippen LogP contribution in [0.25, 0.3) is 44.5 Å². The standard InChI is InChI=1S/C29H24N4.2ClH/c30-29(13-5-14-29)24-11-9-21(10-12-24)28-25(20-6-2-1-3-7-20)16-23-17-26(32-19-27(23)33-28)22-8-4-15-31-18-22;;/h1-4,6-12,15-19H,5,13-14,30H2;2*1H. The van der Waals surface area contributed by atoms with Gasteiger partial charge < -0.3 is 30.5 Å². The number of quaternary nitrogens is 1. The number of rotatable bonds is 4. The molecule has 0 unspecified atom stereocenters. The zero-order chi connectivity index (χ0) is 22.3. The van der Waals surface area contributed by atoms with Crippen molar-refractivity contribution in [3.63, 3.8) is 0 Å². The van der Waals surface area contributed by atoms with E-state index in [1.165, 1.54) is 24.8 Å². The number of pyridine rings is 3. The molecule has 0 bridgehead atoms. The Kier molecular flexibility index (Phi) is 7.18. The molecule has 0 spiro atoms. The fourth-order valence-electron chi connectivity index (χ4n) is 4.72. The first-order chi connectivity index (χ1) is 16.2. The van der Waals surface area contributed by atoms with Gasteiger partial charge in [0.15, 0.2) is 12.4 Å². The highest BCUT2D eigenvalue weighted by Gasteiger charge is 2.38. The van der Waals surface area contributed by atoms with Crippen molar-refractivity contribution in [3.8, 4) is 33.6 Å². The van der Waals surface area contributed by atoms with Crippen LogP contribution in [-0.4, -0.2) is 9.97 Å². The van der Waals surface area contributed by atoms with Crippen LogP contribution in [0.3, 0.4) is 0 Å². The van der Waals surface area contributed by atoms with Crippen LogP contribution in [0.4, 0.5) is 0 Å². The van der Waals surface area contributed by atoms with Gasteiger partial charge in [-0.05, 0) is 30.2 Å². The van der Waals surface area contributed by atoms with E-state index in [-0.39, 0.29) is 30.4 Å². The average molecular weight is 501 g/mol. The molecule has 4 nitrogen and oxygen atoms in total. The van der Waals surface area contributed by atoms with Crippen molar-refractivity contribution in [3.05, 3.63) is 103 Å². The molecule has 1 aliphatic carbocycles. The molecule has 1 fully saturated rings. The molecule has 3 aromatic heterocycles. The van der Waals surface area contributed by atoms with Crippen LogP contribution >= 0.6 is 0 Å². The van der Waals surface area contributed by atoms with Crippen molar-refractivity contribution in [1.82, 2.24) is 9.97 Å². The minimum absolute atomic E-state index is 0. The van der Waals surface area contributed by atoms with Gasteiger partial charge >= 0.3 is 0 Å². The number of nitrogens with zero attached hydrogens (tertiary/aromatic N) is 2. The van der Waals surface area contributed by atoms with Crippen LogP contribution < -0.4 is 35.5 Å². The van der Waals surface area contributed by atoms with Gasteiger partial charge in [-0.15, -0.1) is 0 Å². The van der Waals surface area contributed by atoms with E-state index in [9.17, 15) is 0 Å². The van der Waals surface area contributed by atoms with E-state index >= 15 is 0 Å². The van der Waals surface area contributed by atoms with Gasteiger partial charge in [-0.2, -0.15) is 0 Å². The number of H-pyrrole nitrogens is 1. The topological polar surface area (TPSA) is 67.6 Å². The lowest BCUT2D eigenvalue weighted by Gasteiger charge is -2.34. The Morgan fingerprint density at radius 1 is 0.800 bits per heavy atom. The highest BCUT2D eigenvalue weighted by Crippen LogP contribution is 2.39. The summed E-state index contributed by atoms with van der Waals surface area (Å²) in [6.07, 6.45) is 9.35. The zero-order valence-corrected chi connectivity index (χ0v) is 20.7. The molecular formula is C29H26Cl2N4. The lowest BCUT2D eigenvalue weighted by atomic mass is 9.72. The third-order valence-corrected chi connectivity index (χ3v) is 6.87. The summed E-state index contributed by atoms with van der Waals surface area (Å²) in [5, 5.41) is 1.08. The van der Waals surface area contributed by atoms with E-state index in [1.807, 2.05) is 30.7 Å². The second-order valence-electron chi connectivity index (χ2n) is 9.02. The summed E-state index contributed by atoms with van der Waals surface area (Å²) < 4.78 is 0. The normalized spacial score (nSPS) is 13.9. The molecule has 6 rings (SSSR count). The Hall–Kier alpha value is -3.31. The summed E-state index contributed by atoms with van der Waals surface area (Å²) in [6, 6.07) is 27.8. The minimum Gasteiger partial charge on any atom is -1.00 e. The number of benzene rings is 2. The summed E-state index contributed by atoms with van der Waals surface area (Å²) in [7, 11) is 0. The van der Waals surface area contributed by atoms with Crippen LogP contribution in [0.1, 0.15) is 24.8 Å². The van der Waals surface area contributed by atoms with E-state index in [2.05, 4.69) is 82.4 Å². The van der Waals surface area contributed by atoms with Gasteiger partial charge in [-0.1, -0.05) is 54.6 Å². The first-order valence-corrected chi connectivity index (χ1v) is 11.5. The van der Waals surface area contributed by atoms with Gasteiger partial charge in [0.2, 0.25) is 0 Å². The van der Waals surface area contributed by atoms with Crippen molar-refractivity contribution in [1.29, 1.82) is 0 Å². The molecule has 3 heterocycles. The molecule has 0 radical (unpaired) electrons. The molecule has 35 heavy (non-hydrogen) atoms. The van der Waals surface area contributed by atoms with Crippen molar-refractivity contribution in [2.75, 3.05) is 0 Å². The first kappa shape index (κ1) is 24.8. The second kappa shape index (κ2) is 10.1. The maximum atomic E-state index is 5.10. The molecular weight excluding hydrogens is 475 g/mol. The molecule has 4 N–H and O–H groups in total. The number of nitrogens with one attached hydrogen (secondary N) is 1. The van der Waals surface area contributed by atoms with Crippen LogP contribution in [0.5, 0.6) is 0 Å². The summed E-state index contributed by atoms with van der Waals surface area (Å²) in [5.74, 6) is 0. The molecule has 5 aromatic rings. The van der Waals surface area contributed by atoms with Crippen LogP contribution in [-0.2, 0) is 5.54 Å². The van der Waals surface area contributed by atoms with Gasteiger partial charge in [0.25, 0.3) is 0 Å². The maximum absolute atomic E-state index is 5.10. The van der Waals surface area contributed by atoms with E-state index in [4.69, 9.17) is 4.98 Å². The third kappa shape index (κ3) is 4.65. The smallest absolute Gasteiger partial charge is 0.176 e. The van der Waals surface area contributed by atoms with Crippen LogP contribution in [0, 0.1) is 0 Å². The van der Waals surface area contributed by atoms with E-state index in [1.54, 1.807) is 0 Å². The Morgan fingerprint density at radius 2 is 1.54 bits per heavy atom. The molecule has 1 aliphatic rings. The molecule has 0 aliphatic heterocycles. The van der Waals surface area contributed by atoms with Gasteiger partial charge in [0.1, 0.15) is 5.54 Å². The van der Waals surface area contributed by atoms with Gasteiger partial charge in [-0.25, -0.2) is 9.97 Å². The lowest BCUT2D eigenvalue weighted by Crippen LogP contribution is -3.00. The summed E-state index contributed by atoms with van der Waals surface area (Å²) in [6.45, 7) is 0. The van der Waals surface area contributed by atoms with E-state index < -0.39 is 0 Å². The molecule has 1 saturated carbocycles. The molecule has 0 atom stereocenters. The Bertz CT molecular complexity index is 1440. The number of aromatic nitrogens is 3. The molecule has 0 amide bonds. The van der Waals surface area contributed by atoms with Gasteiger partial charge in [0.05, 0.1) is 28.7 Å². The largest absolute Gasteiger partial charge is 1.00 e. The van der Waals surface area contributed by atoms with E-state index in [0.717, 1.165) is 44.5 Å². The SMILES string of the molecule is [Cl-].[Cl-].[NH3+]C1(c2ccc(-c3nc4cnc(-c5ccc[nH+]c5)cc4cc3-c3ccccc3)cc2)CCC1. The quantitative estimate of drug-likeness (QED) is 0.346. The summed E-state index contributed by atoms with van der Waals surface area (Å²) >= 11 is 0.